The summed E-state index contributed by atoms with van der Waals surface area (Å²) >= 11 is 0. The van der Waals surface area contributed by atoms with Gasteiger partial charge in [-0.3, -0.25) is 9.59 Å². The van der Waals surface area contributed by atoms with E-state index in [2.05, 4.69) is 5.32 Å². The first kappa shape index (κ1) is 18.6. The molecule has 2 aromatic rings. The van der Waals surface area contributed by atoms with Crippen molar-refractivity contribution in [3.05, 3.63) is 71.5 Å². The fraction of sp³-hybridized carbons (Fsp3) is 0.300. The molecule has 0 spiro atoms. The van der Waals surface area contributed by atoms with Crippen molar-refractivity contribution < 1.29 is 14.0 Å². The zero-order chi connectivity index (χ0) is 18.2. The van der Waals surface area contributed by atoms with Crippen LogP contribution in [0.1, 0.15) is 25.0 Å². The lowest BCUT2D eigenvalue weighted by Crippen LogP contribution is -2.49. The molecule has 0 fully saturated rings. The molecule has 0 aromatic heterocycles. The number of carbonyl (C=O) groups excluding carboxylic acids is 2. The second kappa shape index (κ2) is 8.97. The van der Waals surface area contributed by atoms with Crippen molar-refractivity contribution >= 4 is 11.8 Å². The summed E-state index contributed by atoms with van der Waals surface area (Å²) in [6.45, 7) is 4.03. The van der Waals surface area contributed by atoms with Crippen LogP contribution >= 0.6 is 0 Å². The lowest BCUT2D eigenvalue weighted by atomic mass is 10.0. The van der Waals surface area contributed by atoms with Crippen LogP contribution in [-0.2, 0) is 22.6 Å². The molecule has 1 N–H and O–H groups in total. The minimum atomic E-state index is -0.620. The molecule has 0 unspecified atom stereocenters. The zero-order valence-electron chi connectivity index (χ0n) is 14.5. The van der Waals surface area contributed by atoms with Gasteiger partial charge < -0.3 is 10.2 Å². The number of nitrogens with one attached hydrogen (secondary N) is 1. The Bertz CT molecular complexity index is 701. The molecular formula is C20H23FN2O2. The maximum absolute atomic E-state index is 13.1. The van der Waals surface area contributed by atoms with E-state index in [4.69, 9.17) is 0 Å². The molecule has 2 rings (SSSR count). The molecule has 0 heterocycles. The van der Waals surface area contributed by atoms with E-state index in [0.29, 0.717) is 13.0 Å². The van der Waals surface area contributed by atoms with Crippen molar-refractivity contribution in [3.8, 4) is 0 Å². The van der Waals surface area contributed by atoms with E-state index >= 15 is 0 Å². The molecule has 1 atom stereocenters. The third-order valence-corrected chi connectivity index (χ3v) is 3.97. The Morgan fingerprint density at radius 1 is 1.04 bits per heavy atom. The van der Waals surface area contributed by atoms with Crippen LogP contribution in [0.3, 0.4) is 0 Å². The predicted molar refractivity (Wildman–Crippen MR) is 95.2 cm³/mol. The zero-order valence-corrected chi connectivity index (χ0v) is 14.5. The highest BCUT2D eigenvalue weighted by Gasteiger charge is 2.28. The molecule has 0 saturated heterocycles. The summed E-state index contributed by atoms with van der Waals surface area (Å²) < 4.78 is 13.1. The Balaban J connectivity index is 2.27. The minimum absolute atomic E-state index is 0.191. The number of benzene rings is 2. The van der Waals surface area contributed by atoms with Gasteiger partial charge in [0.1, 0.15) is 11.9 Å². The highest BCUT2D eigenvalue weighted by atomic mass is 19.1. The van der Waals surface area contributed by atoms with Crippen LogP contribution in [0.4, 0.5) is 4.39 Å². The van der Waals surface area contributed by atoms with Gasteiger partial charge in [-0.1, -0.05) is 42.5 Å². The van der Waals surface area contributed by atoms with Crippen LogP contribution in [0.15, 0.2) is 54.6 Å². The van der Waals surface area contributed by atoms with E-state index in [9.17, 15) is 14.0 Å². The summed E-state index contributed by atoms with van der Waals surface area (Å²) in [5.41, 5.74) is 1.75. The van der Waals surface area contributed by atoms with Crippen molar-refractivity contribution in [1.29, 1.82) is 0 Å². The van der Waals surface area contributed by atoms with Crippen molar-refractivity contribution in [2.75, 3.05) is 6.54 Å². The Labute approximate surface area is 147 Å². The summed E-state index contributed by atoms with van der Waals surface area (Å²) in [7, 11) is 0. The molecule has 2 amide bonds. The molecule has 4 nitrogen and oxygen atoms in total. The van der Waals surface area contributed by atoms with E-state index < -0.39 is 6.04 Å². The van der Waals surface area contributed by atoms with Crippen molar-refractivity contribution in [2.24, 2.45) is 0 Å². The van der Waals surface area contributed by atoms with Gasteiger partial charge in [0, 0.05) is 26.4 Å². The fourth-order valence-electron chi connectivity index (χ4n) is 2.70. The lowest BCUT2D eigenvalue weighted by molar-refractivity contribution is -0.139. The normalized spacial score (nSPS) is 11.6. The summed E-state index contributed by atoms with van der Waals surface area (Å²) in [4.78, 5) is 26.3. The maximum atomic E-state index is 13.1. The van der Waals surface area contributed by atoms with E-state index in [1.54, 1.807) is 12.1 Å². The number of rotatable bonds is 7. The monoisotopic (exact) mass is 342 g/mol. The van der Waals surface area contributed by atoms with E-state index in [-0.39, 0.29) is 24.2 Å². The molecule has 0 radical (unpaired) electrons. The number of amides is 2. The van der Waals surface area contributed by atoms with Gasteiger partial charge in [-0.15, -0.1) is 0 Å². The summed E-state index contributed by atoms with van der Waals surface area (Å²) in [5, 5.41) is 2.80. The topological polar surface area (TPSA) is 49.4 Å². The second-order valence-corrected chi connectivity index (χ2v) is 5.87. The quantitative estimate of drug-likeness (QED) is 0.841. The highest BCUT2D eigenvalue weighted by Crippen LogP contribution is 2.15. The largest absolute Gasteiger partial charge is 0.355 e. The van der Waals surface area contributed by atoms with Crippen LogP contribution in [0, 0.1) is 5.82 Å². The standard InChI is InChI=1S/C20H23FN2O2/c1-3-22-20(25)19(13-16-7-5-4-6-8-16)23(15(2)24)14-17-9-11-18(21)12-10-17/h4-12,19H,3,13-14H2,1-2H3,(H,22,25)/t19-/m1/s1. The molecule has 0 aliphatic heterocycles. The molecular weight excluding hydrogens is 319 g/mol. The maximum Gasteiger partial charge on any atom is 0.243 e. The first-order valence-electron chi connectivity index (χ1n) is 8.34. The third-order valence-electron chi connectivity index (χ3n) is 3.97. The van der Waals surface area contributed by atoms with Gasteiger partial charge in [0.15, 0.2) is 0 Å². The van der Waals surface area contributed by atoms with Crippen LogP contribution < -0.4 is 5.32 Å². The van der Waals surface area contributed by atoms with Crippen molar-refractivity contribution in [3.63, 3.8) is 0 Å². The van der Waals surface area contributed by atoms with Crippen LogP contribution in [0.5, 0.6) is 0 Å². The van der Waals surface area contributed by atoms with Crippen molar-refractivity contribution in [1.82, 2.24) is 10.2 Å². The van der Waals surface area contributed by atoms with Crippen molar-refractivity contribution in [2.45, 2.75) is 32.9 Å². The average molecular weight is 342 g/mol. The van der Waals surface area contributed by atoms with Gasteiger partial charge in [-0.2, -0.15) is 0 Å². The minimum Gasteiger partial charge on any atom is -0.355 e. The molecule has 0 bridgehead atoms. The van der Waals surface area contributed by atoms with Gasteiger partial charge in [0.25, 0.3) is 0 Å². The number of halogens is 1. The smallest absolute Gasteiger partial charge is 0.243 e. The predicted octanol–water partition coefficient (Wildman–Crippen LogP) is 2.92. The van der Waals surface area contributed by atoms with Gasteiger partial charge in [0.2, 0.25) is 11.8 Å². The number of hydrogen-bond acceptors (Lipinski definition) is 2. The fourth-order valence-corrected chi connectivity index (χ4v) is 2.70. The van der Waals surface area contributed by atoms with Gasteiger partial charge >= 0.3 is 0 Å². The SMILES string of the molecule is CCNC(=O)[C@@H](Cc1ccccc1)N(Cc1ccc(F)cc1)C(C)=O. The van der Waals surface area contributed by atoms with Crippen LogP contribution in [0.25, 0.3) is 0 Å². The van der Waals surface area contributed by atoms with E-state index in [0.717, 1.165) is 11.1 Å². The molecule has 0 aliphatic rings. The van der Waals surface area contributed by atoms with Gasteiger partial charge in [0.05, 0.1) is 0 Å². The molecule has 0 aliphatic carbocycles. The molecule has 132 valence electrons. The van der Waals surface area contributed by atoms with Crippen LogP contribution in [-0.4, -0.2) is 29.3 Å². The van der Waals surface area contributed by atoms with E-state index in [1.807, 2.05) is 37.3 Å². The highest BCUT2D eigenvalue weighted by molar-refractivity contribution is 5.87. The average Bonchev–Trinajstić information content (AvgIpc) is 2.60. The molecule has 5 heteroatoms. The Morgan fingerprint density at radius 3 is 2.24 bits per heavy atom. The summed E-state index contributed by atoms with van der Waals surface area (Å²) in [6, 6.07) is 14.9. The number of likely N-dealkylation sites (N-methyl/N-ethyl adjacent to an activating group) is 1. The third kappa shape index (κ3) is 5.41. The first-order chi connectivity index (χ1) is 12.0. The molecule has 25 heavy (non-hydrogen) atoms. The Morgan fingerprint density at radius 2 is 1.68 bits per heavy atom. The molecule has 0 saturated carbocycles. The van der Waals surface area contributed by atoms with Gasteiger partial charge in [-0.25, -0.2) is 4.39 Å². The lowest BCUT2D eigenvalue weighted by Gasteiger charge is -2.30. The summed E-state index contributed by atoms with van der Waals surface area (Å²) in [6.07, 6.45) is 0.424. The van der Waals surface area contributed by atoms with E-state index in [1.165, 1.54) is 24.0 Å². The summed E-state index contributed by atoms with van der Waals surface area (Å²) in [5.74, 6) is -0.720. The number of hydrogen-bond donors (Lipinski definition) is 1. The number of carbonyl (C=O) groups is 2. The Kier molecular flexibility index (Phi) is 6.69. The first-order valence-corrected chi connectivity index (χ1v) is 8.34. The van der Waals surface area contributed by atoms with Crippen LogP contribution in [0.2, 0.25) is 0 Å². The number of nitrogens with zero attached hydrogens (tertiary/aromatic N) is 1. The van der Waals surface area contributed by atoms with Gasteiger partial charge in [-0.05, 0) is 30.2 Å². The Hall–Kier alpha value is -2.69. The second-order valence-electron chi connectivity index (χ2n) is 5.87. The molecule has 2 aromatic carbocycles.